The van der Waals surface area contributed by atoms with Crippen LogP contribution in [0.1, 0.15) is 50.6 Å². The fourth-order valence-electron chi connectivity index (χ4n) is 2.44. The molecule has 0 aliphatic heterocycles. The summed E-state index contributed by atoms with van der Waals surface area (Å²) < 4.78 is 1.16. The van der Waals surface area contributed by atoms with Crippen molar-refractivity contribution in [2.45, 2.75) is 45.1 Å². The van der Waals surface area contributed by atoms with E-state index < -0.39 is 0 Å². The molecule has 1 aromatic carbocycles. The smallest absolute Gasteiger partial charge is 0.0317 e. The largest absolute Gasteiger partial charge is 0.310 e. The summed E-state index contributed by atoms with van der Waals surface area (Å²) in [5, 5.41) is 3.69. The van der Waals surface area contributed by atoms with Gasteiger partial charge in [-0.3, -0.25) is 0 Å². The number of rotatable bonds is 6. The lowest BCUT2D eigenvalue weighted by Gasteiger charge is -2.26. The van der Waals surface area contributed by atoms with Gasteiger partial charge in [-0.15, -0.1) is 0 Å². The summed E-state index contributed by atoms with van der Waals surface area (Å²) in [6.07, 6.45) is 6.88. The molecule has 0 heterocycles. The second-order valence-electron chi connectivity index (χ2n) is 5.05. The van der Waals surface area contributed by atoms with Crippen molar-refractivity contribution >= 4 is 15.9 Å². The molecule has 0 bridgehead atoms. The zero-order valence-electron chi connectivity index (χ0n) is 10.6. The third kappa shape index (κ3) is 3.82. The molecule has 2 rings (SSSR count). The monoisotopic (exact) mass is 295 g/mol. The summed E-state index contributed by atoms with van der Waals surface area (Å²) in [5.74, 6) is 1.00. The van der Waals surface area contributed by atoms with Crippen LogP contribution in [0.5, 0.6) is 0 Å². The van der Waals surface area contributed by atoms with Crippen molar-refractivity contribution in [2.75, 3.05) is 6.54 Å². The minimum atomic E-state index is 0.517. The molecule has 0 saturated heterocycles. The SMILES string of the molecule is CCC(NCCC1CCC1)c1ccc(Br)cc1. The molecule has 94 valence electrons. The average Bonchev–Trinajstić information content (AvgIpc) is 2.29. The Hall–Kier alpha value is -0.340. The van der Waals surface area contributed by atoms with Crippen LogP contribution in [0.4, 0.5) is 0 Å². The van der Waals surface area contributed by atoms with Gasteiger partial charge >= 0.3 is 0 Å². The van der Waals surface area contributed by atoms with Crippen molar-refractivity contribution < 1.29 is 0 Å². The van der Waals surface area contributed by atoms with E-state index in [1.165, 1.54) is 37.8 Å². The zero-order valence-corrected chi connectivity index (χ0v) is 12.2. The highest BCUT2D eigenvalue weighted by Crippen LogP contribution is 2.29. The predicted octanol–water partition coefficient (Wildman–Crippen LogP) is 4.68. The summed E-state index contributed by atoms with van der Waals surface area (Å²) in [7, 11) is 0. The molecule has 17 heavy (non-hydrogen) atoms. The van der Waals surface area contributed by atoms with Crippen molar-refractivity contribution in [3.05, 3.63) is 34.3 Å². The first-order valence-corrected chi connectivity index (χ1v) is 7.57. The highest BCUT2D eigenvalue weighted by molar-refractivity contribution is 9.10. The standard InChI is InChI=1S/C15H22BrN/c1-2-15(13-6-8-14(16)9-7-13)17-11-10-12-4-3-5-12/h6-9,12,15,17H,2-5,10-11H2,1H3. The molecule has 1 aromatic rings. The summed E-state index contributed by atoms with van der Waals surface area (Å²) >= 11 is 3.48. The molecule has 2 heteroatoms. The first-order chi connectivity index (χ1) is 8.29. The number of nitrogens with one attached hydrogen (secondary N) is 1. The van der Waals surface area contributed by atoms with Crippen LogP contribution < -0.4 is 5.32 Å². The Balaban J connectivity index is 1.80. The quantitative estimate of drug-likeness (QED) is 0.803. The van der Waals surface area contributed by atoms with Crippen molar-refractivity contribution in [3.8, 4) is 0 Å². The molecule has 0 aromatic heterocycles. The molecule has 1 saturated carbocycles. The van der Waals surface area contributed by atoms with Gasteiger partial charge in [0.1, 0.15) is 0 Å². The maximum atomic E-state index is 3.69. The minimum Gasteiger partial charge on any atom is -0.310 e. The number of hydrogen-bond acceptors (Lipinski definition) is 1. The molecular weight excluding hydrogens is 274 g/mol. The highest BCUT2D eigenvalue weighted by Gasteiger charge is 2.17. The molecule has 1 aliphatic rings. The second kappa shape index (κ2) is 6.55. The second-order valence-corrected chi connectivity index (χ2v) is 5.97. The zero-order chi connectivity index (χ0) is 12.1. The first kappa shape index (κ1) is 13.1. The van der Waals surface area contributed by atoms with Gasteiger partial charge in [0.15, 0.2) is 0 Å². The van der Waals surface area contributed by atoms with E-state index in [0.29, 0.717) is 6.04 Å². The van der Waals surface area contributed by atoms with E-state index in [4.69, 9.17) is 0 Å². The lowest BCUT2D eigenvalue weighted by atomic mass is 9.83. The predicted molar refractivity (Wildman–Crippen MR) is 77.1 cm³/mol. The van der Waals surface area contributed by atoms with E-state index in [0.717, 1.165) is 16.8 Å². The molecule has 1 fully saturated rings. The lowest BCUT2D eigenvalue weighted by Crippen LogP contribution is -2.25. The van der Waals surface area contributed by atoms with Crippen LogP contribution in [0.3, 0.4) is 0 Å². The van der Waals surface area contributed by atoms with Crippen LogP contribution in [-0.2, 0) is 0 Å². The third-order valence-electron chi connectivity index (χ3n) is 3.85. The molecule has 1 N–H and O–H groups in total. The Labute approximate surface area is 113 Å². The van der Waals surface area contributed by atoms with Crippen molar-refractivity contribution in [2.24, 2.45) is 5.92 Å². The van der Waals surface area contributed by atoms with Crippen molar-refractivity contribution in [1.82, 2.24) is 5.32 Å². The summed E-state index contributed by atoms with van der Waals surface area (Å²) in [6.45, 7) is 3.42. The minimum absolute atomic E-state index is 0.517. The topological polar surface area (TPSA) is 12.0 Å². The Morgan fingerprint density at radius 2 is 2.00 bits per heavy atom. The van der Waals surface area contributed by atoms with Gasteiger partial charge in [0.2, 0.25) is 0 Å². The molecule has 1 aliphatic carbocycles. The Bertz CT molecular complexity index is 329. The van der Waals surface area contributed by atoms with E-state index in [-0.39, 0.29) is 0 Å². The molecule has 1 unspecified atom stereocenters. The number of hydrogen-bond donors (Lipinski definition) is 1. The van der Waals surface area contributed by atoms with Crippen LogP contribution in [0.15, 0.2) is 28.7 Å². The van der Waals surface area contributed by atoms with E-state index in [1.54, 1.807) is 0 Å². The fraction of sp³-hybridized carbons (Fsp3) is 0.600. The Morgan fingerprint density at radius 1 is 1.29 bits per heavy atom. The first-order valence-electron chi connectivity index (χ1n) is 6.78. The van der Waals surface area contributed by atoms with Gasteiger partial charge in [0.25, 0.3) is 0 Å². The molecule has 0 spiro atoms. The molecule has 1 nitrogen and oxygen atoms in total. The fourth-order valence-corrected chi connectivity index (χ4v) is 2.70. The van der Waals surface area contributed by atoms with E-state index in [1.807, 2.05) is 0 Å². The van der Waals surface area contributed by atoms with Crippen molar-refractivity contribution in [1.29, 1.82) is 0 Å². The number of halogens is 1. The average molecular weight is 296 g/mol. The molecular formula is C15H22BrN. The van der Waals surface area contributed by atoms with Gasteiger partial charge in [-0.1, -0.05) is 54.2 Å². The van der Waals surface area contributed by atoms with Crippen molar-refractivity contribution in [3.63, 3.8) is 0 Å². The van der Waals surface area contributed by atoms with Crippen LogP contribution in [-0.4, -0.2) is 6.54 Å². The van der Waals surface area contributed by atoms with Crippen LogP contribution in [0.2, 0.25) is 0 Å². The summed E-state index contributed by atoms with van der Waals surface area (Å²) in [5.41, 5.74) is 1.41. The highest BCUT2D eigenvalue weighted by atomic mass is 79.9. The maximum absolute atomic E-state index is 3.69. The van der Waals surface area contributed by atoms with Gasteiger partial charge in [-0.2, -0.15) is 0 Å². The van der Waals surface area contributed by atoms with E-state index in [9.17, 15) is 0 Å². The third-order valence-corrected chi connectivity index (χ3v) is 4.38. The van der Waals surface area contributed by atoms with E-state index >= 15 is 0 Å². The maximum Gasteiger partial charge on any atom is 0.0317 e. The summed E-state index contributed by atoms with van der Waals surface area (Å²) in [4.78, 5) is 0. The van der Waals surface area contributed by atoms with Gasteiger partial charge in [-0.25, -0.2) is 0 Å². The van der Waals surface area contributed by atoms with Crippen LogP contribution in [0.25, 0.3) is 0 Å². The Morgan fingerprint density at radius 3 is 2.53 bits per heavy atom. The lowest BCUT2D eigenvalue weighted by molar-refractivity contribution is 0.287. The number of benzene rings is 1. The molecule has 0 radical (unpaired) electrons. The Kier molecular flexibility index (Phi) is 5.05. The summed E-state index contributed by atoms with van der Waals surface area (Å²) in [6, 6.07) is 9.21. The van der Waals surface area contributed by atoms with Gasteiger partial charge < -0.3 is 5.32 Å². The van der Waals surface area contributed by atoms with E-state index in [2.05, 4.69) is 52.4 Å². The normalized spacial score (nSPS) is 17.8. The van der Waals surface area contributed by atoms with Crippen LogP contribution >= 0.6 is 15.9 Å². The molecule has 0 amide bonds. The van der Waals surface area contributed by atoms with Gasteiger partial charge in [0, 0.05) is 10.5 Å². The van der Waals surface area contributed by atoms with Gasteiger partial charge in [0.05, 0.1) is 0 Å². The van der Waals surface area contributed by atoms with Gasteiger partial charge in [-0.05, 0) is 43.0 Å². The van der Waals surface area contributed by atoms with Crippen LogP contribution in [0, 0.1) is 5.92 Å². The molecule has 1 atom stereocenters.